The molecule has 1 aromatic carbocycles. The van der Waals surface area contributed by atoms with Crippen LogP contribution in [0.4, 0.5) is 4.39 Å². The van der Waals surface area contributed by atoms with Crippen molar-refractivity contribution in [3.05, 3.63) is 29.6 Å². The van der Waals surface area contributed by atoms with Gasteiger partial charge in [-0.05, 0) is 25.5 Å². The molecule has 0 aliphatic carbocycles. The van der Waals surface area contributed by atoms with Gasteiger partial charge in [0.1, 0.15) is 11.6 Å². The van der Waals surface area contributed by atoms with Crippen LogP contribution in [0.1, 0.15) is 70.5 Å². The molecular formula is C17H27FO2. The molecule has 0 saturated heterocycles. The molecule has 1 unspecified atom stereocenters. The lowest BCUT2D eigenvalue weighted by Crippen LogP contribution is -2.03. The number of halogens is 1. The Bertz CT molecular complexity index is 377. The second kappa shape index (κ2) is 9.76. The lowest BCUT2D eigenvalue weighted by atomic mass is 10.1. The standard InChI is InChI=1S/C17H27FO2/c1-3-4-5-6-7-8-9-12-20-17-13-15(18)10-11-16(17)14(2)19/h10-11,13-14,19H,3-9,12H2,1-2H3. The zero-order chi connectivity index (χ0) is 14.8. The van der Waals surface area contributed by atoms with Gasteiger partial charge in [-0.1, -0.05) is 45.4 Å². The maximum absolute atomic E-state index is 13.2. The zero-order valence-corrected chi connectivity index (χ0v) is 12.7. The Morgan fingerprint density at radius 3 is 2.40 bits per heavy atom. The van der Waals surface area contributed by atoms with Crippen LogP contribution in [0.2, 0.25) is 0 Å². The highest BCUT2D eigenvalue weighted by Crippen LogP contribution is 2.26. The van der Waals surface area contributed by atoms with Crippen LogP contribution in [0.25, 0.3) is 0 Å². The number of ether oxygens (including phenoxy) is 1. The molecule has 0 spiro atoms. The van der Waals surface area contributed by atoms with Gasteiger partial charge in [0.2, 0.25) is 0 Å². The van der Waals surface area contributed by atoms with E-state index in [1.807, 2.05) is 0 Å². The SMILES string of the molecule is CCCCCCCCCOc1cc(F)ccc1C(C)O. The van der Waals surface area contributed by atoms with E-state index >= 15 is 0 Å². The van der Waals surface area contributed by atoms with E-state index in [2.05, 4.69) is 6.92 Å². The van der Waals surface area contributed by atoms with Crippen molar-refractivity contribution < 1.29 is 14.2 Å². The smallest absolute Gasteiger partial charge is 0.127 e. The van der Waals surface area contributed by atoms with Gasteiger partial charge in [0.05, 0.1) is 12.7 Å². The Balaban J connectivity index is 2.26. The first-order valence-electron chi connectivity index (χ1n) is 7.75. The summed E-state index contributed by atoms with van der Waals surface area (Å²) >= 11 is 0. The van der Waals surface area contributed by atoms with E-state index in [9.17, 15) is 9.50 Å². The largest absolute Gasteiger partial charge is 0.493 e. The molecule has 0 radical (unpaired) electrons. The van der Waals surface area contributed by atoms with E-state index in [-0.39, 0.29) is 5.82 Å². The van der Waals surface area contributed by atoms with Gasteiger partial charge in [0.15, 0.2) is 0 Å². The van der Waals surface area contributed by atoms with Crippen LogP contribution in [0.3, 0.4) is 0 Å². The number of aliphatic hydroxyl groups excluding tert-OH is 1. The molecule has 0 heterocycles. The van der Waals surface area contributed by atoms with Gasteiger partial charge in [-0.25, -0.2) is 4.39 Å². The second-order valence-electron chi connectivity index (χ2n) is 5.33. The summed E-state index contributed by atoms with van der Waals surface area (Å²) < 4.78 is 18.8. The lowest BCUT2D eigenvalue weighted by Gasteiger charge is -2.13. The van der Waals surface area contributed by atoms with Crippen LogP contribution in [-0.4, -0.2) is 11.7 Å². The first kappa shape index (κ1) is 17.0. The molecular weight excluding hydrogens is 255 g/mol. The number of unbranched alkanes of at least 4 members (excludes halogenated alkanes) is 6. The molecule has 2 nitrogen and oxygen atoms in total. The third-order valence-corrected chi connectivity index (χ3v) is 3.43. The first-order valence-corrected chi connectivity index (χ1v) is 7.75. The molecule has 1 atom stereocenters. The molecule has 114 valence electrons. The first-order chi connectivity index (χ1) is 9.65. The fourth-order valence-corrected chi connectivity index (χ4v) is 2.22. The van der Waals surface area contributed by atoms with Gasteiger partial charge in [-0.2, -0.15) is 0 Å². The van der Waals surface area contributed by atoms with Crippen LogP contribution in [-0.2, 0) is 0 Å². The molecule has 0 saturated carbocycles. The van der Waals surface area contributed by atoms with Gasteiger partial charge in [0.25, 0.3) is 0 Å². The second-order valence-corrected chi connectivity index (χ2v) is 5.33. The number of aliphatic hydroxyl groups is 1. The quantitative estimate of drug-likeness (QED) is 0.611. The summed E-state index contributed by atoms with van der Waals surface area (Å²) in [6.45, 7) is 4.46. The third kappa shape index (κ3) is 6.38. The summed E-state index contributed by atoms with van der Waals surface area (Å²) in [4.78, 5) is 0. The molecule has 0 bridgehead atoms. The van der Waals surface area contributed by atoms with Gasteiger partial charge >= 0.3 is 0 Å². The van der Waals surface area contributed by atoms with E-state index in [1.54, 1.807) is 13.0 Å². The van der Waals surface area contributed by atoms with E-state index in [4.69, 9.17) is 4.74 Å². The average Bonchev–Trinajstić information content (AvgIpc) is 2.41. The normalized spacial score (nSPS) is 12.4. The molecule has 0 aliphatic heterocycles. The Kier molecular flexibility index (Phi) is 8.28. The fraction of sp³-hybridized carbons (Fsp3) is 0.647. The average molecular weight is 282 g/mol. The van der Waals surface area contributed by atoms with Gasteiger partial charge < -0.3 is 9.84 Å². The summed E-state index contributed by atoms with van der Waals surface area (Å²) in [7, 11) is 0. The van der Waals surface area contributed by atoms with E-state index in [1.165, 1.54) is 44.2 Å². The Labute approximate surface area is 122 Å². The van der Waals surface area contributed by atoms with Crippen LogP contribution in [0.15, 0.2) is 18.2 Å². The predicted molar refractivity (Wildman–Crippen MR) is 80.5 cm³/mol. The van der Waals surface area contributed by atoms with E-state index in [0.29, 0.717) is 17.9 Å². The molecule has 0 amide bonds. The lowest BCUT2D eigenvalue weighted by molar-refractivity contribution is 0.190. The topological polar surface area (TPSA) is 29.5 Å². The molecule has 20 heavy (non-hydrogen) atoms. The third-order valence-electron chi connectivity index (χ3n) is 3.43. The summed E-state index contributed by atoms with van der Waals surface area (Å²) in [6, 6.07) is 4.28. The Morgan fingerprint density at radius 2 is 1.75 bits per heavy atom. The van der Waals surface area contributed by atoms with Crippen LogP contribution < -0.4 is 4.74 Å². The molecule has 0 aromatic heterocycles. The molecule has 0 fully saturated rings. The highest BCUT2D eigenvalue weighted by atomic mass is 19.1. The minimum Gasteiger partial charge on any atom is -0.493 e. The number of hydrogen-bond acceptors (Lipinski definition) is 2. The molecule has 1 rings (SSSR count). The van der Waals surface area contributed by atoms with Crippen molar-refractivity contribution >= 4 is 0 Å². The van der Waals surface area contributed by atoms with Crippen LogP contribution in [0.5, 0.6) is 5.75 Å². The Hall–Kier alpha value is -1.09. The number of hydrogen-bond donors (Lipinski definition) is 1. The summed E-state index contributed by atoms with van der Waals surface area (Å²) in [5.74, 6) is 0.134. The maximum atomic E-state index is 13.2. The zero-order valence-electron chi connectivity index (χ0n) is 12.7. The van der Waals surface area contributed by atoms with Gasteiger partial charge in [-0.15, -0.1) is 0 Å². The van der Waals surface area contributed by atoms with E-state index < -0.39 is 6.10 Å². The van der Waals surface area contributed by atoms with E-state index in [0.717, 1.165) is 12.8 Å². The van der Waals surface area contributed by atoms with Crippen molar-refractivity contribution in [2.45, 2.75) is 64.9 Å². The van der Waals surface area contributed by atoms with Crippen molar-refractivity contribution in [1.82, 2.24) is 0 Å². The molecule has 1 N–H and O–H groups in total. The molecule has 0 aliphatic rings. The minimum atomic E-state index is -0.639. The molecule has 1 aromatic rings. The predicted octanol–water partition coefficient (Wildman–Crippen LogP) is 5.01. The van der Waals surface area contributed by atoms with Gasteiger partial charge in [0, 0.05) is 11.6 Å². The van der Waals surface area contributed by atoms with Gasteiger partial charge in [-0.3, -0.25) is 0 Å². The van der Waals surface area contributed by atoms with Crippen molar-refractivity contribution in [1.29, 1.82) is 0 Å². The summed E-state index contributed by atoms with van der Waals surface area (Å²) in [5.41, 5.74) is 0.648. The molecule has 3 heteroatoms. The monoisotopic (exact) mass is 282 g/mol. The van der Waals surface area contributed by atoms with Crippen LogP contribution in [0, 0.1) is 5.82 Å². The fourth-order valence-electron chi connectivity index (χ4n) is 2.22. The Morgan fingerprint density at radius 1 is 1.10 bits per heavy atom. The minimum absolute atomic E-state index is 0.330. The van der Waals surface area contributed by atoms with Crippen molar-refractivity contribution in [3.63, 3.8) is 0 Å². The number of rotatable bonds is 10. The maximum Gasteiger partial charge on any atom is 0.127 e. The summed E-state index contributed by atoms with van der Waals surface area (Å²) in [6.07, 6.45) is 7.89. The van der Waals surface area contributed by atoms with Crippen molar-refractivity contribution in [2.24, 2.45) is 0 Å². The van der Waals surface area contributed by atoms with Crippen molar-refractivity contribution in [3.8, 4) is 5.75 Å². The highest BCUT2D eigenvalue weighted by Gasteiger charge is 2.10. The summed E-state index contributed by atoms with van der Waals surface area (Å²) in [5, 5.41) is 9.62. The number of benzene rings is 1. The highest BCUT2D eigenvalue weighted by molar-refractivity contribution is 5.35. The van der Waals surface area contributed by atoms with Crippen molar-refractivity contribution in [2.75, 3.05) is 6.61 Å². The van der Waals surface area contributed by atoms with Crippen LogP contribution >= 0.6 is 0 Å².